The Labute approximate surface area is 84.1 Å². The molecule has 0 spiro atoms. The third-order valence-electron chi connectivity index (χ3n) is 2.55. The Balaban J connectivity index is 1.95. The summed E-state index contributed by atoms with van der Waals surface area (Å²) in [6, 6.07) is 0. The van der Waals surface area contributed by atoms with Gasteiger partial charge in [-0.25, -0.2) is 9.69 Å². The van der Waals surface area contributed by atoms with Crippen molar-refractivity contribution >= 4 is 5.82 Å². The minimum atomic E-state index is 0.857. The summed E-state index contributed by atoms with van der Waals surface area (Å²) < 4.78 is 1.87. The molecule has 5 nitrogen and oxygen atoms in total. The quantitative estimate of drug-likeness (QED) is 0.784. The molecule has 78 valence electrons. The summed E-state index contributed by atoms with van der Waals surface area (Å²) >= 11 is 0. The van der Waals surface area contributed by atoms with Crippen molar-refractivity contribution in [1.82, 2.24) is 20.0 Å². The summed E-state index contributed by atoms with van der Waals surface area (Å²) in [5, 5.41) is 10.1. The molecule has 2 rings (SSSR count). The Bertz CT molecular complexity index is 276. The van der Waals surface area contributed by atoms with Crippen molar-refractivity contribution in [3.05, 3.63) is 6.20 Å². The van der Waals surface area contributed by atoms with Crippen molar-refractivity contribution in [2.24, 2.45) is 0 Å². The minimum Gasteiger partial charge on any atom is -0.302 e. The van der Waals surface area contributed by atoms with E-state index in [4.69, 9.17) is 0 Å². The zero-order valence-electron chi connectivity index (χ0n) is 8.61. The zero-order valence-corrected chi connectivity index (χ0v) is 8.61. The lowest BCUT2D eigenvalue weighted by Gasteiger charge is -2.27. The van der Waals surface area contributed by atoms with Crippen molar-refractivity contribution < 1.29 is 0 Å². The van der Waals surface area contributed by atoms with E-state index in [2.05, 4.69) is 27.7 Å². The molecule has 0 amide bonds. The molecule has 1 N–H and O–H groups in total. The van der Waals surface area contributed by atoms with Crippen molar-refractivity contribution in [2.75, 3.05) is 18.5 Å². The number of rotatable bonds is 3. The molecule has 0 radical (unpaired) electrons. The number of nitrogens with zero attached hydrogens (tertiary/aromatic N) is 4. The monoisotopic (exact) mass is 195 g/mol. The molecule has 0 atom stereocenters. The standard InChI is InChI=1S/C9H17N5/c1-2-14-9(8-10-12-14)11-13-6-4-3-5-7-13/h8,11H,2-7H2,1H3. The molecule has 0 aliphatic carbocycles. The molecule has 1 fully saturated rings. The molecule has 1 aromatic rings. The molecule has 1 aliphatic heterocycles. The maximum atomic E-state index is 3.98. The van der Waals surface area contributed by atoms with Gasteiger partial charge < -0.3 is 5.43 Å². The van der Waals surface area contributed by atoms with Gasteiger partial charge in [0.1, 0.15) is 0 Å². The highest BCUT2D eigenvalue weighted by Gasteiger charge is 2.11. The van der Waals surface area contributed by atoms with E-state index in [0.717, 1.165) is 25.5 Å². The second kappa shape index (κ2) is 4.41. The second-order valence-electron chi connectivity index (χ2n) is 3.59. The van der Waals surface area contributed by atoms with Crippen LogP contribution in [0.5, 0.6) is 0 Å². The van der Waals surface area contributed by atoms with Gasteiger partial charge in [0.05, 0.1) is 6.20 Å². The van der Waals surface area contributed by atoms with Gasteiger partial charge in [0.25, 0.3) is 0 Å². The number of aryl methyl sites for hydroxylation is 1. The van der Waals surface area contributed by atoms with E-state index < -0.39 is 0 Å². The van der Waals surface area contributed by atoms with Crippen LogP contribution in [0.3, 0.4) is 0 Å². The number of hydrogen-bond donors (Lipinski definition) is 1. The summed E-state index contributed by atoms with van der Waals surface area (Å²) in [6.45, 7) is 5.16. The van der Waals surface area contributed by atoms with E-state index in [9.17, 15) is 0 Å². The molecular weight excluding hydrogens is 178 g/mol. The number of hydrogen-bond acceptors (Lipinski definition) is 4. The first-order valence-corrected chi connectivity index (χ1v) is 5.30. The lowest BCUT2D eigenvalue weighted by atomic mass is 10.2. The van der Waals surface area contributed by atoms with Crippen LogP contribution >= 0.6 is 0 Å². The van der Waals surface area contributed by atoms with Crippen molar-refractivity contribution in [3.63, 3.8) is 0 Å². The van der Waals surface area contributed by atoms with Crippen LogP contribution in [0.4, 0.5) is 5.82 Å². The van der Waals surface area contributed by atoms with Gasteiger partial charge in [-0.15, -0.1) is 5.10 Å². The molecule has 0 unspecified atom stereocenters. The van der Waals surface area contributed by atoms with E-state index in [1.807, 2.05) is 4.68 Å². The van der Waals surface area contributed by atoms with E-state index in [1.54, 1.807) is 6.20 Å². The van der Waals surface area contributed by atoms with Crippen LogP contribution in [0.15, 0.2) is 6.20 Å². The summed E-state index contributed by atoms with van der Waals surface area (Å²) in [6.07, 6.45) is 5.68. The van der Waals surface area contributed by atoms with Gasteiger partial charge in [-0.2, -0.15) is 0 Å². The Morgan fingerprint density at radius 2 is 2.14 bits per heavy atom. The molecule has 1 aromatic heterocycles. The van der Waals surface area contributed by atoms with Crippen molar-refractivity contribution in [3.8, 4) is 0 Å². The van der Waals surface area contributed by atoms with Gasteiger partial charge in [-0.3, -0.25) is 0 Å². The first-order valence-electron chi connectivity index (χ1n) is 5.30. The maximum absolute atomic E-state index is 3.98. The number of hydrazine groups is 1. The smallest absolute Gasteiger partial charge is 0.159 e. The molecule has 14 heavy (non-hydrogen) atoms. The molecular formula is C9H17N5. The van der Waals surface area contributed by atoms with Crippen LogP contribution < -0.4 is 5.43 Å². The fraction of sp³-hybridized carbons (Fsp3) is 0.778. The largest absolute Gasteiger partial charge is 0.302 e. The highest BCUT2D eigenvalue weighted by molar-refractivity contribution is 5.29. The van der Waals surface area contributed by atoms with Gasteiger partial charge in [-0.05, 0) is 19.8 Å². The fourth-order valence-electron chi connectivity index (χ4n) is 1.75. The van der Waals surface area contributed by atoms with Crippen LogP contribution in [0, 0.1) is 0 Å². The number of aromatic nitrogens is 3. The molecule has 5 heteroatoms. The van der Waals surface area contributed by atoms with Crippen LogP contribution in [0.25, 0.3) is 0 Å². The van der Waals surface area contributed by atoms with Gasteiger partial charge in [0, 0.05) is 19.6 Å². The minimum absolute atomic E-state index is 0.857. The number of piperidine rings is 1. The Kier molecular flexibility index (Phi) is 2.98. The van der Waals surface area contributed by atoms with Crippen molar-refractivity contribution in [2.45, 2.75) is 32.7 Å². The van der Waals surface area contributed by atoms with E-state index in [0.29, 0.717) is 0 Å². The Morgan fingerprint density at radius 1 is 1.36 bits per heavy atom. The fourth-order valence-corrected chi connectivity index (χ4v) is 1.75. The number of nitrogens with one attached hydrogen (secondary N) is 1. The number of anilines is 1. The lowest BCUT2D eigenvalue weighted by molar-refractivity contribution is 0.270. The molecule has 0 saturated carbocycles. The topological polar surface area (TPSA) is 46.0 Å². The van der Waals surface area contributed by atoms with Crippen molar-refractivity contribution in [1.29, 1.82) is 0 Å². The lowest BCUT2D eigenvalue weighted by Crippen LogP contribution is -2.35. The van der Waals surface area contributed by atoms with Gasteiger partial charge in [0.15, 0.2) is 5.82 Å². The van der Waals surface area contributed by atoms with E-state index in [-0.39, 0.29) is 0 Å². The van der Waals surface area contributed by atoms with Crippen LogP contribution in [-0.2, 0) is 6.54 Å². The SMILES string of the molecule is CCn1nncc1NN1CCCCC1. The molecule has 0 aromatic carbocycles. The van der Waals surface area contributed by atoms with Crippen LogP contribution in [0.2, 0.25) is 0 Å². The van der Waals surface area contributed by atoms with Crippen LogP contribution in [0.1, 0.15) is 26.2 Å². The third kappa shape index (κ3) is 2.04. The van der Waals surface area contributed by atoms with E-state index >= 15 is 0 Å². The predicted octanol–water partition coefficient (Wildman–Crippen LogP) is 1.11. The van der Waals surface area contributed by atoms with E-state index in [1.165, 1.54) is 19.3 Å². The van der Waals surface area contributed by atoms with Gasteiger partial charge in [0.2, 0.25) is 0 Å². The molecule has 2 heterocycles. The molecule has 0 bridgehead atoms. The Morgan fingerprint density at radius 3 is 2.86 bits per heavy atom. The molecule has 1 aliphatic rings. The zero-order chi connectivity index (χ0) is 9.80. The maximum Gasteiger partial charge on any atom is 0.159 e. The summed E-state index contributed by atoms with van der Waals surface area (Å²) in [5.74, 6) is 0.995. The summed E-state index contributed by atoms with van der Waals surface area (Å²) in [5.41, 5.74) is 3.35. The highest BCUT2D eigenvalue weighted by atomic mass is 15.6. The second-order valence-corrected chi connectivity index (χ2v) is 3.59. The predicted molar refractivity (Wildman–Crippen MR) is 54.7 cm³/mol. The average molecular weight is 195 g/mol. The third-order valence-corrected chi connectivity index (χ3v) is 2.55. The summed E-state index contributed by atoms with van der Waals surface area (Å²) in [7, 11) is 0. The summed E-state index contributed by atoms with van der Waals surface area (Å²) in [4.78, 5) is 0. The first kappa shape index (κ1) is 9.45. The average Bonchev–Trinajstić information content (AvgIpc) is 2.67. The normalized spacial score (nSPS) is 18.4. The van der Waals surface area contributed by atoms with Crippen LogP contribution in [-0.4, -0.2) is 33.1 Å². The molecule has 1 saturated heterocycles. The first-order chi connectivity index (χ1) is 6.90. The highest BCUT2D eigenvalue weighted by Crippen LogP contribution is 2.11. The van der Waals surface area contributed by atoms with Gasteiger partial charge >= 0.3 is 0 Å². The van der Waals surface area contributed by atoms with Gasteiger partial charge in [-0.1, -0.05) is 11.6 Å². The Hall–Kier alpha value is -1.10.